The number of ether oxygens (including phenoxy) is 2. The van der Waals surface area contributed by atoms with Gasteiger partial charge in [-0.25, -0.2) is 9.59 Å². The van der Waals surface area contributed by atoms with Crippen LogP contribution in [0.5, 0.6) is 0 Å². The lowest BCUT2D eigenvalue weighted by Crippen LogP contribution is -2.46. The second kappa shape index (κ2) is 11.7. The molecule has 1 saturated carbocycles. The van der Waals surface area contributed by atoms with E-state index in [1.165, 1.54) is 7.11 Å². The summed E-state index contributed by atoms with van der Waals surface area (Å²) in [6, 6.07) is 7.14. The number of benzene rings is 1. The Balaban J connectivity index is 1.82. The number of rotatable bonds is 7. The highest BCUT2D eigenvalue weighted by Gasteiger charge is 2.30. The van der Waals surface area contributed by atoms with Crippen molar-refractivity contribution in [2.75, 3.05) is 13.7 Å². The lowest BCUT2D eigenvalue weighted by molar-refractivity contribution is -0.145. The van der Waals surface area contributed by atoms with Gasteiger partial charge in [0.15, 0.2) is 0 Å². The summed E-state index contributed by atoms with van der Waals surface area (Å²) in [5.74, 6) is -0.372. The zero-order valence-electron chi connectivity index (χ0n) is 18.7. The monoisotopic (exact) mass is 544 g/mol. The molecule has 172 valence electrons. The molecule has 1 aromatic rings. The van der Waals surface area contributed by atoms with E-state index in [0.29, 0.717) is 18.9 Å². The van der Waals surface area contributed by atoms with Gasteiger partial charge in [0.05, 0.1) is 7.11 Å². The van der Waals surface area contributed by atoms with E-state index in [9.17, 15) is 14.4 Å². The molecule has 1 atom stereocenters. The summed E-state index contributed by atoms with van der Waals surface area (Å²) < 4.78 is 11.3. The van der Waals surface area contributed by atoms with Crippen LogP contribution in [0.4, 0.5) is 4.79 Å². The molecule has 1 aliphatic rings. The normalized spacial score (nSPS) is 19.8. The second-order valence-electron chi connectivity index (χ2n) is 9.02. The lowest BCUT2D eigenvalue weighted by atomic mass is 9.81. The zero-order valence-corrected chi connectivity index (χ0v) is 20.9. The molecule has 2 amide bonds. The van der Waals surface area contributed by atoms with Crippen LogP contribution in [-0.4, -0.2) is 43.3 Å². The molecule has 8 heteroatoms. The topological polar surface area (TPSA) is 93.7 Å². The Hall–Kier alpha value is -1.84. The minimum absolute atomic E-state index is 0.112. The van der Waals surface area contributed by atoms with Crippen molar-refractivity contribution < 1.29 is 23.9 Å². The van der Waals surface area contributed by atoms with Gasteiger partial charge in [-0.2, -0.15) is 0 Å². The average molecular weight is 544 g/mol. The minimum atomic E-state index is -0.705. The van der Waals surface area contributed by atoms with E-state index in [2.05, 4.69) is 33.2 Å². The van der Waals surface area contributed by atoms with Gasteiger partial charge in [-0.3, -0.25) is 4.79 Å². The van der Waals surface area contributed by atoms with Crippen molar-refractivity contribution >= 4 is 40.6 Å². The van der Waals surface area contributed by atoms with E-state index in [-0.39, 0.29) is 11.8 Å². The zero-order chi connectivity index (χ0) is 23.0. The van der Waals surface area contributed by atoms with E-state index in [4.69, 9.17) is 9.47 Å². The first-order valence-corrected chi connectivity index (χ1v) is 11.7. The molecule has 1 fully saturated rings. The SMILES string of the molecule is COC(=O)C(Cc1ccc(I)cc1)NC(=O)C1CCC(CNC(=O)OC(C)(C)C)CC1. The molecule has 1 unspecified atom stereocenters. The Morgan fingerprint density at radius 3 is 2.26 bits per heavy atom. The Labute approximate surface area is 198 Å². The van der Waals surface area contributed by atoms with Crippen molar-refractivity contribution in [3.8, 4) is 0 Å². The first-order chi connectivity index (χ1) is 14.6. The van der Waals surface area contributed by atoms with Crippen LogP contribution in [0.1, 0.15) is 52.0 Å². The van der Waals surface area contributed by atoms with Crippen molar-refractivity contribution in [3.63, 3.8) is 0 Å². The van der Waals surface area contributed by atoms with Gasteiger partial charge < -0.3 is 20.1 Å². The molecule has 0 bridgehead atoms. The van der Waals surface area contributed by atoms with E-state index >= 15 is 0 Å². The number of hydrogen-bond acceptors (Lipinski definition) is 5. The van der Waals surface area contributed by atoms with Crippen LogP contribution in [0.3, 0.4) is 0 Å². The molecule has 0 aliphatic heterocycles. The standard InChI is InChI=1S/C23H33IN2O5/c1-23(2,3)31-22(29)25-14-16-5-9-17(10-6-16)20(27)26-19(21(28)30-4)13-15-7-11-18(24)12-8-15/h7-8,11-12,16-17,19H,5-6,9-10,13-14H2,1-4H3,(H,25,29)(H,26,27). The molecule has 0 heterocycles. The van der Waals surface area contributed by atoms with Crippen molar-refractivity contribution in [1.29, 1.82) is 0 Å². The second-order valence-corrected chi connectivity index (χ2v) is 10.3. The number of halogens is 1. The Kier molecular flexibility index (Phi) is 9.58. The van der Waals surface area contributed by atoms with Crippen LogP contribution in [0.2, 0.25) is 0 Å². The molecule has 0 spiro atoms. The number of esters is 1. The van der Waals surface area contributed by atoms with E-state index in [0.717, 1.165) is 34.8 Å². The van der Waals surface area contributed by atoms with Crippen LogP contribution in [0.15, 0.2) is 24.3 Å². The third-order valence-electron chi connectivity index (χ3n) is 5.31. The average Bonchev–Trinajstić information content (AvgIpc) is 2.71. The summed E-state index contributed by atoms with van der Waals surface area (Å²) in [6.45, 7) is 6.03. The fourth-order valence-corrected chi connectivity index (χ4v) is 4.01. The summed E-state index contributed by atoms with van der Waals surface area (Å²) in [5.41, 5.74) is 0.446. The number of hydrogen-bond donors (Lipinski definition) is 2. The maximum absolute atomic E-state index is 12.8. The predicted molar refractivity (Wildman–Crippen MR) is 126 cm³/mol. The van der Waals surface area contributed by atoms with Crippen LogP contribution in [-0.2, 0) is 25.5 Å². The van der Waals surface area contributed by atoms with Gasteiger partial charge in [0, 0.05) is 22.5 Å². The Morgan fingerprint density at radius 2 is 1.71 bits per heavy atom. The highest BCUT2D eigenvalue weighted by molar-refractivity contribution is 14.1. The Bertz CT molecular complexity index is 752. The summed E-state index contributed by atoms with van der Waals surface area (Å²) in [7, 11) is 1.33. The fraction of sp³-hybridized carbons (Fsp3) is 0.609. The van der Waals surface area contributed by atoms with Gasteiger partial charge in [-0.1, -0.05) is 12.1 Å². The van der Waals surface area contributed by atoms with Crippen LogP contribution < -0.4 is 10.6 Å². The number of carbonyl (C=O) groups is 3. The van der Waals surface area contributed by atoms with E-state index < -0.39 is 23.7 Å². The van der Waals surface area contributed by atoms with Gasteiger partial charge in [0.2, 0.25) is 5.91 Å². The van der Waals surface area contributed by atoms with Crippen molar-refractivity contribution in [1.82, 2.24) is 10.6 Å². The number of alkyl carbamates (subject to hydrolysis) is 1. The lowest BCUT2D eigenvalue weighted by Gasteiger charge is -2.29. The van der Waals surface area contributed by atoms with Crippen molar-refractivity contribution in [3.05, 3.63) is 33.4 Å². The molecule has 2 N–H and O–H groups in total. The molecule has 1 aliphatic carbocycles. The van der Waals surface area contributed by atoms with Crippen LogP contribution in [0.25, 0.3) is 0 Å². The third-order valence-corrected chi connectivity index (χ3v) is 6.03. The summed E-state index contributed by atoms with van der Waals surface area (Å²) >= 11 is 2.22. The fourth-order valence-electron chi connectivity index (χ4n) is 3.65. The third kappa shape index (κ3) is 9.04. The van der Waals surface area contributed by atoms with Gasteiger partial charge in [-0.05, 0) is 92.7 Å². The summed E-state index contributed by atoms with van der Waals surface area (Å²) in [4.78, 5) is 36.8. The number of amides is 2. The largest absolute Gasteiger partial charge is 0.467 e. The molecule has 1 aromatic carbocycles. The molecule has 0 radical (unpaired) electrons. The minimum Gasteiger partial charge on any atom is -0.467 e. The van der Waals surface area contributed by atoms with Gasteiger partial charge >= 0.3 is 12.1 Å². The highest BCUT2D eigenvalue weighted by atomic mass is 127. The van der Waals surface area contributed by atoms with E-state index in [1.807, 2.05) is 45.0 Å². The molecular weight excluding hydrogens is 511 g/mol. The Morgan fingerprint density at radius 1 is 1.10 bits per heavy atom. The molecule has 31 heavy (non-hydrogen) atoms. The molecular formula is C23H33IN2O5. The predicted octanol–water partition coefficient (Wildman–Crippen LogP) is 3.82. The summed E-state index contributed by atoms with van der Waals surface area (Å²) in [5, 5.41) is 5.70. The first-order valence-electron chi connectivity index (χ1n) is 10.7. The summed E-state index contributed by atoms with van der Waals surface area (Å²) in [6.07, 6.45) is 3.11. The maximum atomic E-state index is 12.8. The highest BCUT2D eigenvalue weighted by Crippen LogP contribution is 2.29. The quantitative estimate of drug-likeness (QED) is 0.402. The van der Waals surface area contributed by atoms with Crippen LogP contribution in [0, 0.1) is 15.4 Å². The number of carbonyl (C=O) groups excluding carboxylic acids is 3. The van der Waals surface area contributed by atoms with E-state index in [1.54, 1.807) is 0 Å². The van der Waals surface area contributed by atoms with Crippen LogP contribution >= 0.6 is 22.6 Å². The first kappa shape index (κ1) is 25.4. The van der Waals surface area contributed by atoms with Crippen molar-refractivity contribution in [2.45, 2.75) is 64.5 Å². The number of nitrogens with one attached hydrogen (secondary N) is 2. The molecule has 2 rings (SSSR count). The maximum Gasteiger partial charge on any atom is 0.407 e. The van der Waals surface area contributed by atoms with Gasteiger partial charge in [-0.15, -0.1) is 0 Å². The molecule has 7 nitrogen and oxygen atoms in total. The smallest absolute Gasteiger partial charge is 0.407 e. The van der Waals surface area contributed by atoms with Gasteiger partial charge in [0.25, 0.3) is 0 Å². The molecule has 0 saturated heterocycles. The number of methoxy groups -OCH3 is 1. The van der Waals surface area contributed by atoms with Gasteiger partial charge in [0.1, 0.15) is 11.6 Å². The van der Waals surface area contributed by atoms with Crippen molar-refractivity contribution in [2.24, 2.45) is 11.8 Å². The molecule has 0 aromatic heterocycles.